The Bertz CT molecular complexity index is 1010. The van der Waals surface area contributed by atoms with E-state index in [0.717, 1.165) is 6.07 Å². The van der Waals surface area contributed by atoms with E-state index in [1.165, 1.54) is 37.4 Å². The highest BCUT2D eigenvalue weighted by Crippen LogP contribution is 2.33. The molecule has 2 fully saturated rings. The highest BCUT2D eigenvalue weighted by molar-refractivity contribution is 5.68. The number of aromatic nitrogens is 3. The predicted octanol–water partition coefficient (Wildman–Crippen LogP) is 3.34. The van der Waals surface area contributed by atoms with Crippen molar-refractivity contribution >= 4 is 12.0 Å². The molecule has 0 bridgehead atoms. The molecular weight excluding hydrogens is 439 g/mol. The van der Waals surface area contributed by atoms with Gasteiger partial charge in [-0.2, -0.15) is 13.2 Å². The van der Waals surface area contributed by atoms with Crippen molar-refractivity contribution in [3.63, 3.8) is 0 Å². The molecule has 4 rings (SSSR count). The van der Waals surface area contributed by atoms with Gasteiger partial charge in [-0.3, -0.25) is 4.79 Å². The Hall–Kier alpha value is -3.11. The quantitative estimate of drug-likeness (QED) is 0.728. The van der Waals surface area contributed by atoms with Gasteiger partial charge < -0.3 is 19.5 Å². The number of rotatable bonds is 5. The molecule has 0 radical (unpaired) electrons. The van der Waals surface area contributed by atoms with Gasteiger partial charge in [0.1, 0.15) is 5.56 Å². The molecule has 178 valence electrons. The average molecular weight is 465 g/mol. The molecule has 0 aromatic carbocycles. The van der Waals surface area contributed by atoms with Crippen molar-refractivity contribution in [2.75, 3.05) is 37.7 Å². The minimum Gasteiger partial charge on any atom is -0.449 e. The molecule has 3 heterocycles. The number of alkyl halides is 3. The Morgan fingerprint density at radius 3 is 2.42 bits per heavy atom. The molecule has 1 saturated carbocycles. The number of carbonyl (C=O) groups excluding carboxylic acids is 1. The number of aromatic amines is 1. The zero-order chi connectivity index (χ0) is 23.4. The second-order valence-corrected chi connectivity index (χ2v) is 8.38. The van der Waals surface area contributed by atoms with Gasteiger partial charge in [0.15, 0.2) is 0 Å². The van der Waals surface area contributed by atoms with E-state index >= 15 is 0 Å². The summed E-state index contributed by atoms with van der Waals surface area (Å²) in [4.78, 5) is 38.3. The second kappa shape index (κ2) is 9.80. The third-order valence-electron chi connectivity index (χ3n) is 6.19. The standard InChI is InChI=1S/C22H26F3N5O3/c23-22(24,25)18-11-15(12-26-19(18)31)5-10-33-21(32)30-8-6-29(7-9-30)20-27-13-17(14-28-20)16-3-1-2-4-16/h11-14,16H,1-10H2,(H,26,31). The number of ether oxygens (including phenoxy) is 1. The van der Waals surface area contributed by atoms with Crippen LogP contribution in [0.5, 0.6) is 0 Å². The SMILES string of the molecule is O=C(OCCc1c[nH]c(=O)c(C(F)(F)F)c1)N1CCN(c2ncc(C3CCCC3)cn2)CC1. The van der Waals surface area contributed by atoms with E-state index < -0.39 is 23.4 Å². The molecule has 2 aromatic rings. The molecule has 8 nitrogen and oxygen atoms in total. The lowest BCUT2D eigenvalue weighted by Gasteiger charge is -2.34. The molecule has 0 unspecified atom stereocenters. The van der Waals surface area contributed by atoms with Gasteiger partial charge in [-0.15, -0.1) is 0 Å². The molecule has 33 heavy (non-hydrogen) atoms. The van der Waals surface area contributed by atoms with Crippen molar-refractivity contribution in [2.24, 2.45) is 0 Å². The highest BCUT2D eigenvalue weighted by Gasteiger charge is 2.34. The lowest BCUT2D eigenvalue weighted by Crippen LogP contribution is -2.49. The van der Waals surface area contributed by atoms with Crippen LogP contribution in [0.25, 0.3) is 0 Å². The van der Waals surface area contributed by atoms with E-state index in [0.29, 0.717) is 38.0 Å². The van der Waals surface area contributed by atoms with Crippen LogP contribution in [0.3, 0.4) is 0 Å². The van der Waals surface area contributed by atoms with Crippen LogP contribution < -0.4 is 10.5 Å². The van der Waals surface area contributed by atoms with E-state index in [-0.39, 0.29) is 18.6 Å². The number of piperazine rings is 1. The summed E-state index contributed by atoms with van der Waals surface area (Å²) < 4.78 is 43.7. The number of H-pyrrole nitrogens is 1. The first-order valence-corrected chi connectivity index (χ1v) is 11.1. The molecular formula is C22H26F3N5O3. The molecule has 11 heteroatoms. The summed E-state index contributed by atoms with van der Waals surface area (Å²) in [5, 5.41) is 0. The molecule has 1 aliphatic heterocycles. The number of halogens is 3. The van der Waals surface area contributed by atoms with Gasteiger partial charge in [-0.05, 0) is 36.0 Å². The molecule has 2 aliphatic rings. The smallest absolute Gasteiger partial charge is 0.421 e. The minimum atomic E-state index is -4.74. The highest BCUT2D eigenvalue weighted by atomic mass is 19.4. The first-order valence-electron chi connectivity index (χ1n) is 11.1. The van der Waals surface area contributed by atoms with Crippen molar-refractivity contribution < 1.29 is 22.7 Å². The topological polar surface area (TPSA) is 91.4 Å². The maximum atomic E-state index is 12.8. The van der Waals surface area contributed by atoms with E-state index in [9.17, 15) is 22.8 Å². The summed E-state index contributed by atoms with van der Waals surface area (Å²) >= 11 is 0. The van der Waals surface area contributed by atoms with Crippen molar-refractivity contribution in [1.29, 1.82) is 0 Å². The minimum absolute atomic E-state index is 0.0622. The summed E-state index contributed by atoms with van der Waals surface area (Å²) in [7, 11) is 0. The fourth-order valence-electron chi connectivity index (χ4n) is 4.28. The van der Waals surface area contributed by atoms with E-state index in [1.54, 1.807) is 4.90 Å². The van der Waals surface area contributed by atoms with Crippen LogP contribution in [-0.4, -0.2) is 58.7 Å². The number of carbonyl (C=O) groups is 1. The lowest BCUT2D eigenvalue weighted by molar-refractivity contribution is -0.138. The molecule has 0 spiro atoms. The Morgan fingerprint density at radius 2 is 1.79 bits per heavy atom. The summed E-state index contributed by atoms with van der Waals surface area (Å²) in [6, 6.07) is 0.781. The van der Waals surface area contributed by atoms with Crippen LogP contribution in [0.4, 0.5) is 23.9 Å². The van der Waals surface area contributed by atoms with Crippen molar-refractivity contribution in [2.45, 2.75) is 44.2 Å². The maximum absolute atomic E-state index is 12.8. The molecule has 2 aromatic heterocycles. The van der Waals surface area contributed by atoms with Gasteiger partial charge in [0.2, 0.25) is 5.95 Å². The van der Waals surface area contributed by atoms with Crippen LogP contribution in [0.2, 0.25) is 0 Å². The monoisotopic (exact) mass is 465 g/mol. The first kappa shape index (κ1) is 23.1. The van der Waals surface area contributed by atoms with Gasteiger partial charge >= 0.3 is 12.3 Å². The number of nitrogens with one attached hydrogen (secondary N) is 1. The maximum Gasteiger partial charge on any atom is 0.421 e. The molecule has 1 amide bonds. The Balaban J connectivity index is 1.23. The predicted molar refractivity (Wildman–Crippen MR) is 114 cm³/mol. The Morgan fingerprint density at radius 1 is 1.12 bits per heavy atom. The summed E-state index contributed by atoms with van der Waals surface area (Å²) in [6.45, 7) is 1.90. The zero-order valence-corrected chi connectivity index (χ0v) is 18.1. The first-order chi connectivity index (χ1) is 15.8. The van der Waals surface area contributed by atoms with E-state index in [1.807, 2.05) is 17.3 Å². The molecule has 1 aliphatic carbocycles. The van der Waals surface area contributed by atoms with Crippen LogP contribution in [0.15, 0.2) is 29.5 Å². The third kappa shape index (κ3) is 5.63. The number of amides is 1. The Kier molecular flexibility index (Phi) is 6.85. The van der Waals surface area contributed by atoms with Crippen LogP contribution in [0.1, 0.15) is 48.3 Å². The van der Waals surface area contributed by atoms with Gasteiger partial charge in [-0.25, -0.2) is 14.8 Å². The number of pyridine rings is 1. The van der Waals surface area contributed by atoms with Gasteiger partial charge in [0.25, 0.3) is 5.56 Å². The van der Waals surface area contributed by atoms with Gasteiger partial charge in [0, 0.05) is 51.2 Å². The van der Waals surface area contributed by atoms with Gasteiger partial charge in [0.05, 0.1) is 6.61 Å². The van der Waals surface area contributed by atoms with Crippen LogP contribution in [-0.2, 0) is 17.3 Å². The van der Waals surface area contributed by atoms with Crippen molar-refractivity contribution in [1.82, 2.24) is 19.9 Å². The van der Waals surface area contributed by atoms with E-state index in [4.69, 9.17) is 4.74 Å². The zero-order valence-electron chi connectivity index (χ0n) is 18.1. The second-order valence-electron chi connectivity index (χ2n) is 8.38. The summed E-state index contributed by atoms with van der Waals surface area (Å²) in [6.07, 6.45) is 4.70. The third-order valence-corrected chi connectivity index (χ3v) is 6.19. The summed E-state index contributed by atoms with van der Waals surface area (Å²) in [5.41, 5.74) is -1.04. The van der Waals surface area contributed by atoms with E-state index in [2.05, 4.69) is 15.0 Å². The van der Waals surface area contributed by atoms with Crippen LogP contribution in [0, 0.1) is 0 Å². The fourth-order valence-corrected chi connectivity index (χ4v) is 4.28. The number of hydrogen-bond donors (Lipinski definition) is 1. The largest absolute Gasteiger partial charge is 0.449 e. The lowest BCUT2D eigenvalue weighted by atomic mass is 10.0. The fraction of sp³-hybridized carbons (Fsp3) is 0.545. The average Bonchev–Trinajstić information content (AvgIpc) is 3.35. The number of hydrogen-bond acceptors (Lipinski definition) is 6. The van der Waals surface area contributed by atoms with Gasteiger partial charge in [-0.1, -0.05) is 12.8 Å². The van der Waals surface area contributed by atoms with Crippen molar-refractivity contribution in [3.8, 4) is 0 Å². The molecule has 1 N–H and O–H groups in total. The number of nitrogens with zero attached hydrogens (tertiary/aromatic N) is 4. The summed E-state index contributed by atoms with van der Waals surface area (Å²) in [5.74, 6) is 1.20. The normalized spacial score (nSPS) is 17.4. The Labute approximate surface area is 188 Å². The number of anilines is 1. The molecule has 0 atom stereocenters. The van der Waals surface area contributed by atoms with Crippen LogP contribution >= 0.6 is 0 Å². The van der Waals surface area contributed by atoms with Crippen molar-refractivity contribution in [3.05, 3.63) is 51.7 Å². The molecule has 1 saturated heterocycles.